The number of nitrogens with one attached hydrogen (secondary N) is 1. The molecule has 0 radical (unpaired) electrons. The monoisotopic (exact) mass is 319 g/mol. The zero-order valence-corrected chi connectivity index (χ0v) is 12.8. The Bertz CT molecular complexity index is 537. The highest BCUT2D eigenvalue weighted by atomic mass is 79.9. The van der Waals surface area contributed by atoms with Gasteiger partial charge in [-0.05, 0) is 64.8 Å². The molecule has 0 aliphatic carbocycles. The molecule has 0 heterocycles. The van der Waals surface area contributed by atoms with Gasteiger partial charge in [-0.25, -0.2) is 0 Å². The maximum Gasteiger partial charge on any atom is 0.141 e. The Balaban J connectivity index is 2.06. The average Bonchev–Trinajstić information content (AvgIpc) is 2.41. The van der Waals surface area contributed by atoms with Crippen molar-refractivity contribution >= 4 is 15.9 Å². The molecule has 1 N–H and O–H groups in total. The van der Waals surface area contributed by atoms with E-state index in [1.54, 1.807) is 0 Å². The van der Waals surface area contributed by atoms with Crippen LogP contribution in [0.25, 0.3) is 0 Å². The first-order valence-corrected chi connectivity index (χ1v) is 7.22. The molecule has 2 rings (SSSR count). The Kier molecular flexibility index (Phi) is 5.00. The molecule has 100 valence electrons. The Hall–Kier alpha value is -1.32. The number of ether oxygens (including phenoxy) is 1. The molecular formula is C16H18BrNO. The van der Waals surface area contributed by atoms with Crippen LogP contribution in [0, 0.1) is 6.92 Å². The standard InChI is InChI=1S/C16H18BrNO/c1-3-18-11-13-5-7-14(8-6-13)19-16-9-4-12(2)10-15(16)17/h4-10,18H,3,11H2,1-2H3. The van der Waals surface area contributed by atoms with Crippen LogP contribution in [0.15, 0.2) is 46.9 Å². The van der Waals surface area contributed by atoms with Crippen LogP contribution in [-0.2, 0) is 6.54 Å². The highest BCUT2D eigenvalue weighted by Gasteiger charge is 2.03. The minimum absolute atomic E-state index is 0.838. The van der Waals surface area contributed by atoms with Gasteiger partial charge in [-0.3, -0.25) is 0 Å². The van der Waals surface area contributed by atoms with Crippen molar-refractivity contribution in [2.75, 3.05) is 6.54 Å². The van der Waals surface area contributed by atoms with Crippen molar-refractivity contribution in [1.29, 1.82) is 0 Å². The van der Waals surface area contributed by atoms with E-state index in [9.17, 15) is 0 Å². The summed E-state index contributed by atoms with van der Waals surface area (Å²) in [5.41, 5.74) is 2.47. The fraction of sp³-hybridized carbons (Fsp3) is 0.250. The normalized spacial score (nSPS) is 10.5. The molecular weight excluding hydrogens is 302 g/mol. The lowest BCUT2D eigenvalue weighted by atomic mass is 10.2. The third-order valence-electron chi connectivity index (χ3n) is 2.82. The van der Waals surface area contributed by atoms with Crippen molar-refractivity contribution in [2.45, 2.75) is 20.4 Å². The van der Waals surface area contributed by atoms with Crippen molar-refractivity contribution in [2.24, 2.45) is 0 Å². The van der Waals surface area contributed by atoms with Gasteiger partial charge in [-0.2, -0.15) is 0 Å². The van der Waals surface area contributed by atoms with Gasteiger partial charge in [0.2, 0.25) is 0 Å². The highest BCUT2D eigenvalue weighted by Crippen LogP contribution is 2.30. The summed E-state index contributed by atoms with van der Waals surface area (Å²) >= 11 is 3.52. The van der Waals surface area contributed by atoms with Crippen LogP contribution in [0.2, 0.25) is 0 Å². The molecule has 0 atom stereocenters. The number of rotatable bonds is 5. The Morgan fingerprint density at radius 1 is 1.11 bits per heavy atom. The summed E-state index contributed by atoms with van der Waals surface area (Å²) in [4.78, 5) is 0. The van der Waals surface area contributed by atoms with Crippen LogP contribution < -0.4 is 10.1 Å². The van der Waals surface area contributed by atoms with E-state index in [1.807, 2.05) is 24.3 Å². The lowest BCUT2D eigenvalue weighted by Gasteiger charge is -2.09. The predicted octanol–water partition coefficient (Wildman–Crippen LogP) is 4.66. The third kappa shape index (κ3) is 4.08. The molecule has 0 spiro atoms. The fourth-order valence-corrected chi connectivity index (χ4v) is 2.33. The maximum absolute atomic E-state index is 5.86. The van der Waals surface area contributed by atoms with Crippen LogP contribution in [0.1, 0.15) is 18.1 Å². The highest BCUT2D eigenvalue weighted by molar-refractivity contribution is 9.10. The van der Waals surface area contributed by atoms with Crippen LogP contribution >= 0.6 is 15.9 Å². The topological polar surface area (TPSA) is 21.3 Å². The molecule has 0 aromatic heterocycles. The summed E-state index contributed by atoms with van der Waals surface area (Å²) in [6.07, 6.45) is 0. The van der Waals surface area contributed by atoms with E-state index < -0.39 is 0 Å². The van der Waals surface area contributed by atoms with Gasteiger partial charge in [0.25, 0.3) is 0 Å². The smallest absolute Gasteiger partial charge is 0.141 e. The van der Waals surface area contributed by atoms with Crippen molar-refractivity contribution < 1.29 is 4.74 Å². The second-order valence-electron chi connectivity index (χ2n) is 4.46. The van der Waals surface area contributed by atoms with Gasteiger partial charge < -0.3 is 10.1 Å². The third-order valence-corrected chi connectivity index (χ3v) is 3.44. The Morgan fingerprint density at radius 3 is 2.47 bits per heavy atom. The van der Waals surface area contributed by atoms with E-state index >= 15 is 0 Å². The molecule has 0 aliphatic heterocycles. The average molecular weight is 320 g/mol. The maximum atomic E-state index is 5.86. The lowest BCUT2D eigenvalue weighted by Crippen LogP contribution is -2.11. The first-order chi connectivity index (χ1) is 9.19. The first-order valence-electron chi connectivity index (χ1n) is 6.42. The molecule has 2 aromatic carbocycles. The van der Waals surface area contributed by atoms with E-state index in [-0.39, 0.29) is 0 Å². The zero-order chi connectivity index (χ0) is 13.7. The summed E-state index contributed by atoms with van der Waals surface area (Å²) in [6.45, 7) is 6.04. The molecule has 2 nitrogen and oxygen atoms in total. The molecule has 0 aliphatic rings. The second-order valence-corrected chi connectivity index (χ2v) is 5.31. The van der Waals surface area contributed by atoms with Gasteiger partial charge in [0, 0.05) is 6.54 Å². The molecule has 3 heteroatoms. The molecule has 0 amide bonds. The number of hydrogen-bond donors (Lipinski definition) is 1. The number of halogens is 1. The molecule has 0 saturated heterocycles. The summed E-state index contributed by atoms with van der Waals surface area (Å²) in [5.74, 6) is 1.69. The molecule has 19 heavy (non-hydrogen) atoms. The number of aryl methyl sites for hydroxylation is 1. The van der Waals surface area contributed by atoms with Gasteiger partial charge in [0.15, 0.2) is 0 Å². The number of hydrogen-bond acceptors (Lipinski definition) is 2. The SMILES string of the molecule is CCNCc1ccc(Oc2ccc(C)cc2Br)cc1. The van der Waals surface area contributed by atoms with Gasteiger partial charge in [-0.1, -0.05) is 25.1 Å². The van der Waals surface area contributed by atoms with Crippen molar-refractivity contribution in [3.8, 4) is 11.5 Å². The van der Waals surface area contributed by atoms with E-state index in [4.69, 9.17) is 4.74 Å². The van der Waals surface area contributed by atoms with Crippen molar-refractivity contribution in [1.82, 2.24) is 5.32 Å². The minimum atomic E-state index is 0.838. The molecule has 0 fully saturated rings. The van der Waals surface area contributed by atoms with Gasteiger partial charge in [0.05, 0.1) is 4.47 Å². The lowest BCUT2D eigenvalue weighted by molar-refractivity contribution is 0.479. The Morgan fingerprint density at radius 2 is 1.84 bits per heavy atom. The fourth-order valence-electron chi connectivity index (χ4n) is 1.76. The quantitative estimate of drug-likeness (QED) is 0.865. The van der Waals surface area contributed by atoms with Crippen molar-refractivity contribution in [3.05, 3.63) is 58.1 Å². The van der Waals surface area contributed by atoms with Crippen LogP contribution in [0.5, 0.6) is 11.5 Å². The summed E-state index contributed by atoms with van der Waals surface area (Å²) < 4.78 is 6.83. The van der Waals surface area contributed by atoms with Crippen LogP contribution in [0.4, 0.5) is 0 Å². The summed E-state index contributed by atoms with van der Waals surface area (Å²) in [7, 11) is 0. The van der Waals surface area contributed by atoms with Crippen LogP contribution in [0.3, 0.4) is 0 Å². The van der Waals surface area contributed by atoms with E-state index in [0.29, 0.717) is 0 Å². The molecule has 2 aromatic rings. The van der Waals surface area contributed by atoms with Crippen LogP contribution in [-0.4, -0.2) is 6.54 Å². The van der Waals surface area contributed by atoms with Crippen molar-refractivity contribution in [3.63, 3.8) is 0 Å². The van der Waals surface area contributed by atoms with E-state index in [2.05, 4.69) is 53.3 Å². The second kappa shape index (κ2) is 6.73. The minimum Gasteiger partial charge on any atom is -0.456 e. The van der Waals surface area contributed by atoms with Gasteiger partial charge in [-0.15, -0.1) is 0 Å². The first kappa shape index (κ1) is 14.1. The summed E-state index contributed by atoms with van der Waals surface area (Å²) in [6, 6.07) is 14.2. The molecule has 0 saturated carbocycles. The predicted molar refractivity (Wildman–Crippen MR) is 82.8 cm³/mol. The molecule has 0 bridgehead atoms. The zero-order valence-electron chi connectivity index (χ0n) is 11.2. The van der Waals surface area contributed by atoms with Gasteiger partial charge in [0.1, 0.15) is 11.5 Å². The van der Waals surface area contributed by atoms with E-state index in [1.165, 1.54) is 11.1 Å². The Labute approximate surface area is 122 Å². The molecule has 0 unspecified atom stereocenters. The summed E-state index contributed by atoms with van der Waals surface area (Å²) in [5, 5.41) is 3.30. The largest absolute Gasteiger partial charge is 0.456 e. The number of benzene rings is 2. The van der Waals surface area contributed by atoms with Gasteiger partial charge >= 0.3 is 0 Å². The van der Waals surface area contributed by atoms with E-state index in [0.717, 1.165) is 29.1 Å².